The topological polar surface area (TPSA) is 47.6 Å². The first-order valence-corrected chi connectivity index (χ1v) is 9.42. The van der Waals surface area contributed by atoms with Gasteiger partial charge in [-0.2, -0.15) is 0 Å². The number of halogens is 1. The number of benzene rings is 2. The van der Waals surface area contributed by atoms with Gasteiger partial charge in [0.15, 0.2) is 6.10 Å². The van der Waals surface area contributed by atoms with Crippen molar-refractivity contribution in [2.75, 3.05) is 11.9 Å². The Morgan fingerprint density at radius 3 is 2.31 bits per heavy atom. The zero-order chi connectivity index (χ0) is 18.8. The molecule has 0 aliphatic heterocycles. The van der Waals surface area contributed by atoms with E-state index in [0.29, 0.717) is 16.5 Å². The Labute approximate surface area is 160 Å². The summed E-state index contributed by atoms with van der Waals surface area (Å²) in [5, 5.41) is 3.47. The Bertz CT molecular complexity index is 671. The van der Waals surface area contributed by atoms with Crippen LogP contribution in [-0.4, -0.2) is 18.6 Å². The van der Waals surface area contributed by atoms with E-state index in [1.54, 1.807) is 31.2 Å². The lowest BCUT2D eigenvalue weighted by atomic mass is 10.2. The summed E-state index contributed by atoms with van der Waals surface area (Å²) in [6.45, 7) is 4.62. The third-order valence-electron chi connectivity index (χ3n) is 3.88. The first-order valence-electron chi connectivity index (χ1n) is 9.04. The van der Waals surface area contributed by atoms with E-state index in [0.717, 1.165) is 18.8 Å². The summed E-state index contributed by atoms with van der Waals surface area (Å²) in [5.41, 5.74) is 0.708. The zero-order valence-corrected chi connectivity index (χ0v) is 16.1. The van der Waals surface area contributed by atoms with E-state index in [-0.39, 0.29) is 5.91 Å². The lowest BCUT2D eigenvalue weighted by molar-refractivity contribution is -0.122. The van der Waals surface area contributed by atoms with Crippen LogP contribution in [0.25, 0.3) is 0 Å². The average molecular weight is 376 g/mol. The van der Waals surface area contributed by atoms with E-state index in [1.165, 1.54) is 19.3 Å². The van der Waals surface area contributed by atoms with E-state index in [2.05, 4.69) is 12.2 Å². The van der Waals surface area contributed by atoms with Crippen molar-refractivity contribution in [1.29, 1.82) is 0 Å². The van der Waals surface area contributed by atoms with Crippen LogP contribution in [0.5, 0.6) is 11.5 Å². The van der Waals surface area contributed by atoms with Gasteiger partial charge in [-0.05, 0) is 61.9 Å². The normalized spacial score (nSPS) is 11.7. The summed E-state index contributed by atoms with van der Waals surface area (Å²) >= 11 is 5.84. The molecule has 4 nitrogen and oxygen atoms in total. The molecule has 0 fully saturated rings. The SMILES string of the molecule is CCCCCCOc1ccc(NC(=O)[C@@H](C)Oc2ccc(Cl)cc2)cc1. The molecule has 0 bridgehead atoms. The molecule has 0 radical (unpaired) electrons. The Morgan fingerprint density at radius 2 is 1.65 bits per heavy atom. The van der Waals surface area contributed by atoms with Gasteiger partial charge in [-0.1, -0.05) is 37.8 Å². The van der Waals surface area contributed by atoms with Crippen LogP contribution in [0.1, 0.15) is 39.5 Å². The number of ether oxygens (including phenoxy) is 2. The van der Waals surface area contributed by atoms with Crippen molar-refractivity contribution in [3.63, 3.8) is 0 Å². The summed E-state index contributed by atoms with van der Waals surface area (Å²) in [7, 11) is 0. The third kappa shape index (κ3) is 6.96. The Kier molecular flexibility index (Phi) is 8.29. The average Bonchev–Trinajstić information content (AvgIpc) is 2.64. The first kappa shape index (κ1) is 20.1. The molecular formula is C21H26ClNO3. The third-order valence-corrected chi connectivity index (χ3v) is 4.14. The fourth-order valence-corrected chi connectivity index (χ4v) is 2.49. The molecule has 2 rings (SSSR count). The van der Waals surface area contributed by atoms with Crippen molar-refractivity contribution in [3.05, 3.63) is 53.6 Å². The minimum absolute atomic E-state index is 0.215. The van der Waals surface area contributed by atoms with Gasteiger partial charge in [0.25, 0.3) is 5.91 Å². The van der Waals surface area contributed by atoms with Crippen molar-refractivity contribution < 1.29 is 14.3 Å². The number of hydrogen-bond donors (Lipinski definition) is 1. The molecule has 140 valence electrons. The molecule has 0 heterocycles. The van der Waals surface area contributed by atoms with E-state index in [4.69, 9.17) is 21.1 Å². The number of unbranched alkanes of at least 4 members (excludes halogenated alkanes) is 3. The van der Waals surface area contributed by atoms with Gasteiger partial charge in [-0.25, -0.2) is 0 Å². The highest BCUT2D eigenvalue weighted by atomic mass is 35.5. The van der Waals surface area contributed by atoms with Gasteiger partial charge < -0.3 is 14.8 Å². The van der Waals surface area contributed by atoms with Crippen LogP contribution in [0.15, 0.2) is 48.5 Å². The van der Waals surface area contributed by atoms with Crippen molar-refractivity contribution in [3.8, 4) is 11.5 Å². The lowest BCUT2D eigenvalue weighted by Gasteiger charge is -2.15. The number of carbonyl (C=O) groups is 1. The number of rotatable bonds is 10. The van der Waals surface area contributed by atoms with Crippen LogP contribution >= 0.6 is 11.6 Å². The molecule has 0 spiro atoms. The second-order valence-electron chi connectivity index (χ2n) is 6.14. The van der Waals surface area contributed by atoms with Crippen LogP contribution < -0.4 is 14.8 Å². The lowest BCUT2D eigenvalue weighted by Crippen LogP contribution is -2.30. The van der Waals surface area contributed by atoms with Crippen molar-refractivity contribution in [2.45, 2.75) is 45.6 Å². The number of anilines is 1. The number of carbonyl (C=O) groups excluding carboxylic acids is 1. The largest absolute Gasteiger partial charge is 0.494 e. The molecule has 0 aliphatic carbocycles. The maximum absolute atomic E-state index is 12.2. The molecule has 0 aromatic heterocycles. The molecule has 5 heteroatoms. The summed E-state index contributed by atoms with van der Waals surface area (Å²) in [6, 6.07) is 14.3. The predicted octanol–water partition coefficient (Wildman–Crippen LogP) is 5.71. The molecular weight excluding hydrogens is 350 g/mol. The van der Waals surface area contributed by atoms with Crippen LogP contribution in [0.4, 0.5) is 5.69 Å². The molecule has 2 aromatic carbocycles. The maximum Gasteiger partial charge on any atom is 0.265 e. The second kappa shape index (κ2) is 10.7. The molecule has 1 atom stereocenters. The van der Waals surface area contributed by atoms with Crippen LogP contribution in [0.3, 0.4) is 0 Å². The van der Waals surface area contributed by atoms with E-state index >= 15 is 0 Å². The predicted molar refractivity (Wildman–Crippen MR) is 106 cm³/mol. The molecule has 0 saturated heterocycles. The minimum atomic E-state index is -0.620. The number of amides is 1. The summed E-state index contributed by atoms with van der Waals surface area (Å²) in [6.07, 6.45) is 4.09. The van der Waals surface area contributed by atoms with Gasteiger partial charge in [-0.15, -0.1) is 0 Å². The highest BCUT2D eigenvalue weighted by molar-refractivity contribution is 6.30. The number of nitrogens with one attached hydrogen (secondary N) is 1. The molecule has 0 saturated carbocycles. The van der Waals surface area contributed by atoms with Gasteiger partial charge in [0, 0.05) is 10.7 Å². The van der Waals surface area contributed by atoms with Crippen LogP contribution in [0, 0.1) is 0 Å². The molecule has 2 aromatic rings. The van der Waals surface area contributed by atoms with Gasteiger partial charge >= 0.3 is 0 Å². The smallest absolute Gasteiger partial charge is 0.265 e. The number of hydrogen-bond acceptors (Lipinski definition) is 3. The molecule has 0 unspecified atom stereocenters. The Hall–Kier alpha value is -2.20. The quantitative estimate of drug-likeness (QED) is 0.541. The van der Waals surface area contributed by atoms with E-state index in [1.807, 2.05) is 24.3 Å². The second-order valence-corrected chi connectivity index (χ2v) is 6.57. The standard InChI is InChI=1S/C21H26ClNO3/c1-3-4-5-6-15-25-19-13-9-18(10-14-19)23-21(24)16(2)26-20-11-7-17(22)8-12-20/h7-14,16H,3-6,15H2,1-2H3,(H,23,24)/t16-/m1/s1. The fourth-order valence-electron chi connectivity index (χ4n) is 2.37. The van der Waals surface area contributed by atoms with E-state index < -0.39 is 6.10 Å². The summed E-state index contributed by atoms with van der Waals surface area (Å²) in [4.78, 5) is 12.2. The van der Waals surface area contributed by atoms with Gasteiger partial charge in [0.2, 0.25) is 0 Å². The monoisotopic (exact) mass is 375 g/mol. The van der Waals surface area contributed by atoms with Crippen molar-refractivity contribution in [1.82, 2.24) is 0 Å². The van der Waals surface area contributed by atoms with Crippen LogP contribution in [0.2, 0.25) is 5.02 Å². The molecule has 26 heavy (non-hydrogen) atoms. The Balaban J connectivity index is 1.78. The maximum atomic E-state index is 12.2. The van der Waals surface area contributed by atoms with Crippen molar-refractivity contribution in [2.24, 2.45) is 0 Å². The van der Waals surface area contributed by atoms with E-state index in [9.17, 15) is 4.79 Å². The Morgan fingerprint density at radius 1 is 1.00 bits per heavy atom. The fraction of sp³-hybridized carbons (Fsp3) is 0.381. The summed E-state index contributed by atoms with van der Waals surface area (Å²) in [5.74, 6) is 1.20. The summed E-state index contributed by atoms with van der Waals surface area (Å²) < 4.78 is 11.3. The molecule has 1 amide bonds. The highest BCUT2D eigenvalue weighted by Gasteiger charge is 2.14. The van der Waals surface area contributed by atoms with Gasteiger partial charge in [0.05, 0.1) is 6.61 Å². The highest BCUT2D eigenvalue weighted by Crippen LogP contribution is 2.19. The van der Waals surface area contributed by atoms with Gasteiger partial charge in [0.1, 0.15) is 11.5 Å². The van der Waals surface area contributed by atoms with Crippen molar-refractivity contribution >= 4 is 23.2 Å². The van der Waals surface area contributed by atoms with Gasteiger partial charge in [-0.3, -0.25) is 4.79 Å². The minimum Gasteiger partial charge on any atom is -0.494 e. The molecule has 1 N–H and O–H groups in total. The molecule has 0 aliphatic rings. The first-order chi connectivity index (χ1) is 12.6. The zero-order valence-electron chi connectivity index (χ0n) is 15.3. The van der Waals surface area contributed by atoms with Crippen LogP contribution in [-0.2, 0) is 4.79 Å².